The van der Waals surface area contributed by atoms with E-state index >= 15 is 0 Å². The molecular formula is C15H13Cl2NO4. The Morgan fingerprint density at radius 1 is 1.18 bits per heavy atom. The highest BCUT2D eigenvalue weighted by molar-refractivity contribution is 6.35. The van der Waals surface area contributed by atoms with E-state index in [2.05, 4.69) is 9.72 Å². The Bertz CT molecular complexity index is 661. The van der Waals surface area contributed by atoms with Gasteiger partial charge in [0, 0.05) is 6.20 Å². The normalized spacial score (nSPS) is 11.6. The molecule has 2 aromatic rings. The summed E-state index contributed by atoms with van der Waals surface area (Å²) in [6.07, 6.45) is 0.752. The van der Waals surface area contributed by atoms with Gasteiger partial charge in [-0.3, -0.25) is 0 Å². The molecule has 0 aliphatic rings. The molecule has 0 amide bonds. The van der Waals surface area contributed by atoms with Crippen LogP contribution in [0.5, 0.6) is 17.4 Å². The highest BCUT2D eigenvalue weighted by Crippen LogP contribution is 2.29. The molecule has 1 atom stereocenters. The van der Waals surface area contributed by atoms with E-state index in [-0.39, 0.29) is 5.88 Å². The number of carbonyl (C=O) groups excluding carboxylic acids is 1. The topological polar surface area (TPSA) is 57.7 Å². The number of halogens is 2. The summed E-state index contributed by atoms with van der Waals surface area (Å²) < 4.78 is 15.6. The summed E-state index contributed by atoms with van der Waals surface area (Å²) in [4.78, 5) is 15.3. The zero-order valence-corrected chi connectivity index (χ0v) is 13.4. The van der Waals surface area contributed by atoms with E-state index in [1.54, 1.807) is 37.3 Å². The largest absolute Gasteiger partial charge is 0.479 e. The Hall–Kier alpha value is -1.98. The summed E-state index contributed by atoms with van der Waals surface area (Å²) in [5.74, 6) is 0.843. The molecule has 7 heteroatoms. The number of aromatic nitrogens is 1. The van der Waals surface area contributed by atoms with Crippen LogP contribution in [0.1, 0.15) is 6.92 Å². The number of carbonyl (C=O) groups is 1. The first-order valence-electron chi connectivity index (χ1n) is 6.33. The number of hydrogen-bond donors (Lipinski definition) is 0. The van der Waals surface area contributed by atoms with Gasteiger partial charge in [0.2, 0.25) is 5.88 Å². The summed E-state index contributed by atoms with van der Waals surface area (Å²) in [5.41, 5.74) is 0. The molecule has 0 unspecified atom stereocenters. The Labute approximate surface area is 137 Å². The minimum atomic E-state index is -0.691. The van der Waals surface area contributed by atoms with Crippen molar-refractivity contribution in [3.05, 3.63) is 46.6 Å². The van der Waals surface area contributed by atoms with Crippen LogP contribution < -0.4 is 9.47 Å². The number of benzene rings is 1. The van der Waals surface area contributed by atoms with Crippen LogP contribution in [-0.4, -0.2) is 24.2 Å². The van der Waals surface area contributed by atoms with Gasteiger partial charge in [-0.2, -0.15) is 0 Å². The summed E-state index contributed by atoms with van der Waals surface area (Å²) in [6, 6.07) is 8.22. The second-order valence-electron chi connectivity index (χ2n) is 4.30. The molecule has 0 spiro atoms. The third-order valence-electron chi connectivity index (χ3n) is 2.66. The van der Waals surface area contributed by atoms with Crippen LogP contribution in [0.2, 0.25) is 10.0 Å². The summed E-state index contributed by atoms with van der Waals surface area (Å²) in [6.45, 7) is 1.60. The highest BCUT2D eigenvalue weighted by atomic mass is 35.5. The molecule has 1 aromatic carbocycles. The maximum Gasteiger partial charge on any atom is 0.346 e. The number of ether oxygens (including phenoxy) is 3. The number of esters is 1. The zero-order chi connectivity index (χ0) is 16.1. The molecule has 0 bridgehead atoms. The fraction of sp³-hybridized carbons (Fsp3) is 0.200. The van der Waals surface area contributed by atoms with Gasteiger partial charge in [0.05, 0.1) is 12.1 Å². The Morgan fingerprint density at radius 3 is 2.41 bits per heavy atom. The van der Waals surface area contributed by atoms with E-state index in [9.17, 15) is 4.79 Å². The number of nitrogens with zero attached hydrogens (tertiary/aromatic N) is 1. The number of hydrogen-bond acceptors (Lipinski definition) is 5. The molecule has 1 aromatic heterocycles. The first-order valence-corrected chi connectivity index (χ1v) is 7.08. The molecule has 5 nitrogen and oxygen atoms in total. The maximum absolute atomic E-state index is 11.3. The third kappa shape index (κ3) is 4.26. The maximum atomic E-state index is 11.3. The molecule has 1 heterocycles. The number of rotatable bonds is 5. The van der Waals surface area contributed by atoms with E-state index in [0.717, 1.165) is 0 Å². The van der Waals surface area contributed by atoms with Crippen LogP contribution >= 0.6 is 23.2 Å². The van der Waals surface area contributed by atoms with Crippen molar-refractivity contribution in [2.45, 2.75) is 13.0 Å². The first-order chi connectivity index (χ1) is 10.5. The summed E-state index contributed by atoms with van der Waals surface area (Å²) in [5, 5.41) is 0.741. The van der Waals surface area contributed by atoms with Crippen LogP contribution in [0.3, 0.4) is 0 Å². The lowest BCUT2D eigenvalue weighted by molar-refractivity contribution is -0.147. The fourth-order valence-corrected chi connectivity index (χ4v) is 2.01. The second-order valence-corrected chi connectivity index (χ2v) is 5.14. The van der Waals surface area contributed by atoms with Gasteiger partial charge in [-0.05, 0) is 37.3 Å². The van der Waals surface area contributed by atoms with Gasteiger partial charge in [-0.25, -0.2) is 9.78 Å². The molecule has 0 radical (unpaired) electrons. The van der Waals surface area contributed by atoms with Gasteiger partial charge in [-0.15, -0.1) is 0 Å². The van der Waals surface area contributed by atoms with Gasteiger partial charge in [0.1, 0.15) is 16.5 Å². The lowest BCUT2D eigenvalue weighted by Crippen LogP contribution is -2.24. The van der Waals surface area contributed by atoms with Crippen molar-refractivity contribution < 1.29 is 19.0 Å². The Kier molecular flexibility index (Phi) is 5.46. The summed E-state index contributed by atoms with van der Waals surface area (Å²) in [7, 11) is 1.31. The van der Waals surface area contributed by atoms with Crippen molar-refractivity contribution in [1.29, 1.82) is 0 Å². The number of pyridine rings is 1. The predicted octanol–water partition coefficient (Wildman–Crippen LogP) is 4.12. The van der Waals surface area contributed by atoms with Gasteiger partial charge < -0.3 is 14.2 Å². The van der Waals surface area contributed by atoms with E-state index < -0.39 is 12.1 Å². The molecule has 0 fully saturated rings. The molecule has 0 saturated heterocycles. The van der Waals surface area contributed by atoms with E-state index in [1.807, 2.05) is 0 Å². The Balaban J connectivity index is 2.04. The molecule has 2 rings (SSSR count). The van der Waals surface area contributed by atoms with Gasteiger partial charge in [0.15, 0.2) is 6.10 Å². The molecule has 116 valence electrons. The zero-order valence-electron chi connectivity index (χ0n) is 11.9. The van der Waals surface area contributed by atoms with Crippen molar-refractivity contribution in [1.82, 2.24) is 4.98 Å². The fourth-order valence-electron chi connectivity index (χ4n) is 1.59. The van der Waals surface area contributed by atoms with E-state index in [0.29, 0.717) is 21.5 Å². The molecule has 22 heavy (non-hydrogen) atoms. The van der Waals surface area contributed by atoms with E-state index in [1.165, 1.54) is 13.3 Å². The average Bonchev–Trinajstić information content (AvgIpc) is 2.51. The monoisotopic (exact) mass is 341 g/mol. The van der Waals surface area contributed by atoms with Crippen LogP contribution in [0.25, 0.3) is 0 Å². The molecule has 0 saturated carbocycles. The quantitative estimate of drug-likeness (QED) is 0.765. The van der Waals surface area contributed by atoms with Crippen molar-refractivity contribution in [3.63, 3.8) is 0 Å². The van der Waals surface area contributed by atoms with Crippen molar-refractivity contribution in [3.8, 4) is 17.4 Å². The third-order valence-corrected chi connectivity index (χ3v) is 3.14. The van der Waals surface area contributed by atoms with Crippen molar-refractivity contribution in [2.24, 2.45) is 0 Å². The van der Waals surface area contributed by atoms with Crippen molar-refractivity contribution in [2.75, 3.05) is 7.11 Å². The minimum Gasteiger partial charge on any atom is -0.479 e. The van der Waals surface area contributed by atoms with Crippen LogP contribution in [0, 0.1) is 0 Å². The highest BCUT2D eigenvalue weighted by Gasteiger charge is 2.14. The standard InChI is InChI=1S/C15H13Cl2NO4/c1-9(15(19)20-2)21-11-3-5-12(6-4-11)22-14-13(17)7-10(16)8-18-14/h3-9H,1-2H3/t9-/m0/s1. The lowest BCUT2D eigenvalue weighted by Gasteiger charge is -2.13. The molecule has 0 aliphatic carbocycles. The molecule has 0 aliphatic heterocycles. The van der Waals surface area contributed by atoms with Crippen LogP contribution in [0.4, 0.5) is 0 Å². The molecular weight excluding hydrogens is 329 g/mol. The SMILES string of the molecule is COC(=O)[C@H](C)Oc1ccc(Oc2ncc(Cl)cc2Cl)cc1. The lowest BCUT2D eigenvalue weighted by atomic mass is 10.3. The second kappa shape index (κ2) is 7.33. The average molecular weight is 342 g/mol. The van der Waals surface area contributed by atoms with Gasteiger partial charge >= 0.3 is 5.97 Å². The molecule has 0 N–H and O–H groups in total. The Morgan fingerprint density at radius 2 is 1.82 bits per heavy atom. The van der Waals surface area contributed by atoms with Crippen molar-refractivity contribution >= 4 is 29.2 Å². The van der Waals surface area contributed by atoms with Gasteiger partial charge in [0.25, 0.3) is 0 Å². The van der Waals surface area contributed by atoms with E-state index in [4.69, 9.17) is 32.7 Å². The van der Waals surface area contributed by atoms with Crippen LogP contribution in [-0.2, 0) is 9.53 Å². The summed E-state index contributed by atoms with van der Waals surface area (Å²) >= 11 is 11.8. The van der Waals surface area contributed by atoms with Crippen LogP contribution in [0.15, 0.2) is 36.5 Å². The number of methoxy groups -OCH3 is 1. The smallest absolute Gasteiger partial charge is 0.346 e. The minimum absolute atomic E-state index is 0.252. The predicted molar refractivity (Wildman–Crippen MR) is 82.9 cm³/mol. The van der Waals surface area contributed by atoms with Gasteiger partial charge in [-0.1, -0.05) is 23.2 Å². The first kappa shape index (κ1) is 16.4.